The number of hydrogen-bond donors (Lipinski definition) is 0. The zero-order valence-electron chi connectivity index (χ0n) is 3.35. The Morgan fingerprint density at radius 1 is 1.33 bits per heavy atom. The minimum Gasteiger partial charge on any atom is -0.260 e. The van der Waals surface area contributed by atoms with E-state index in [-0.39, 0.29) is 12.4 Å². The number of halogens is 1. The van der Waals surface area contributed by atoms with Gasteiger partial charge in [0.15, 0.2) is 0 Å². The smallest absolute Gasteiger partial charge is 0.0243 e. The Morgan fingerprint density at radius 2 is 1.67 bits per heavy atom. The molecule has 38 valence electrons. The second-order valence-corrected chi connectivity index (χ2v) is 2.90. The van der Waals surface area contributed by atoms with Crippen LogP contribution in [0.2, 0.25) is 0 Å². The predicted molar refractivity (Wildman–Crippen MR) is 29.7 cm³/mol. The Bertz CT molecular complexity index is 57.8. The molecule has 0 N–H and O–H groups in total. The Morgan fingerprint density at radius 3 is 1.67 bits per heavy atom. The molecule has 0 bridgehead atoms. The van der Waals surface area contributed by atoms with Gasteiger partial charge in [-0.1, -0.05) is 0 Å². The van der Waals surface area contributed by atoms with E-state index >= 15 is 0 Å². The first-order valence-corrected chi connectivity index (χ1v) is 3.23. The van der Waals surface area contributed by atoms with E-state index in [4.69, 9.17) is 0 Å². The minimum atomic E-state index is -0.392. The molecule has 0 aliphatic carbocycles. The van der Waals surface area contributed by atoms with Gasteiger partial charge >= 0.3 is 0 Å². The van der Waals surface area contributed by atoms with Crippen molar-refractivity contribution in [3.8, 4) is 0 Å². The van der Waals surface area contributed by atoms with Gasteiger partial charge in [-0.25, -0.2) is 0 Å². The van der Waals surface area contributed by atoms with Gasteiger partial charge in [0.1, 0.15) is 0 Å². The van der Waals surface area contributed by atoms with Gasteiger partial charge < -0.3 is 0 Å². The largest absolute Gasteiger partial charge is 0.260 e. The van der Waals surface area contributed by atoms with Crippen LogP contribution in [0.15, 0.2) is 0 Å². The van der Waals surface area contributed by atoms with Crippen LogP contribution >= 0.6 is 12.4 Å². The maximum absolute atomic E-state index is 10.0. The molecule has 1 rings (SSSR count). The second kappa shape index (κ2) is 2.59. The maximum atomic E-state index is 10.0. The van der Waals surface area contributed by atoms with Gasteiger partial charge in [-0.15, -0.1) is 12.4 Å². The van der Waals surface area contributed by atoms with E-state index in [2.05, 4.69) is 0 Å². The topological polar surface area (TPSA) is 17.1 Å². The molecule has 6 heavy (non-hydrogen) atoms. The fourth-order valence-electron chi connectivity index (χ4n) is 0.262. The Labute approximate surface area is 46.0 Å². The summed E-state index contributed by atoms with van der Waals surface area (Å²) >= 11 is 0. The van der Waals surface area contributed by atoms with Crippen LogP contribution in [0.25, 0.3) is 0 Å². The lowest BCUT2D eigenvalue weighted by Crippen LogP contribution is -2.15. The van der Waals surface area contributed by atoms with Gasteiger partial charge in [0.05, 0.1) is 0 Å². The van der Waals surface area contributed by atoms with E-state index in [9.17, 15) is 4.21 Å². The summed E-state index contributed by atoms with van der Waals surface area (Å²) in [6, 6.07) is 0. The lowest BCUT2D eigenvalue weighted by atomic mass is 10.5. The first kappa shape index (κ1) is 6.44. The van der Waals surface area contributed by atoms with Gasteiger partial charge in [0, 0.05) is 22.3 Å². The first-order valence-electron chi connectivity index (χ1n) is 1.74. The van der Waals surface area contributed by atoms with Gasteiger partial charge in [-0.2, -0.15) is 0 Å². The van der Waals surface area contributed by atoms with Crippen molar-refractivity contribution in [3.05, 3.63) is 0 Å². The zero-order chi connectivity index (χ0) is 3.70. The summed E-state index contributed by atoms with van der Waals surface area (Å²) in [5.41, 5.74) is 0. The van der Waals surface area contributed by atoms with E-state index in [0.717, 1.165) is 11.5 Å². The van der Waals surface area contributed by atoms with Crippen LogP contribution in [-0.2, 0) is 10.8 Å². The lowest BCUT2D eigenvalue weighted by Gasteiger charge is -2.06. The van der Waals surface area contributed by atoms with Crippen LogP contribution in [0.4, 0.5) is 0 Å². The van der Waals surface area contributed by atoms with E-state index in [1.807, 2.05) is 0 Å². The second-order valence-electron chi connectivity index (χ2n) is 1.20. The van der Waals surface area contributed by atoms with E-state index < -0.39 is 10.8 Å². The first-order chi connectivity index (χ1) is 2.39. The van der Waals surface area contributed by atoms with Crippen LogP contribution in [0.3, 0.4) is 0 Å². The van der Waals surface area contributed by atoms with Crippen LogP contribution in [-0.4, -0.2) is 15.7 Å². The van der Waals surface area contributed by atoms with E-state index in [0.29, 0.717) is 0 Å². The maximum Gasteiger partial charge on any atom is 0.0243 e. The molecule has 0 amide bonds. The van der Waals surface area contributed by atoms with Gasteiger partial charge in [0.2, 0.25) is 0 Å². The van der Waals surface area contributed by atoms with Crippen molar-refractivity contribution in [2.75, 3.05) is 11.5 Å². The molecule has 1 heterocycles. The molecule has 1 saturated heterocycles. The molecule has 3 heteroatoms. The summed E-state index contributed by atoms with van der Waals surface area (Å²) in [5.74, 6) is 1.92. The quantitative estimate of drug-likeness (QED) is 0.464. The van der Waals surface area contributed by atoms with Crippen molar-refractivity contribution < 1.29 is 4.21 Å². The summed E-state index contributed by atoms with van der Waals surface area (Å²) < 4.78 is 10.0. The fraction of sp³-hybridized carbons (Fsp3) is 1.00. The predicted octanol–water partition coefficient (Wildman–Crippen LogP) is 0.561. The summed E-state index contributed by atoms with van der Waals surface area (Å²) in [6.07, 6.45) is 1.19. The minimum absolute atomic E-state index is 0. The van der Waals surface area contributed by atoms with Crippen molar-refractivity contribution in [1.29, 1.82) is 0 Å². The Kier molecular flexibility index (Phi) is 2.78. The molecule has 1 fully saturated rings. The summed E-state index contributed by atoms with van der Waals surface area (Å²) in [5, 5.41) is 0. The SMILES string of the molecule is Cl.O=S1CCC1. The monoisotopic (exact) mass is 126 g/mol. The number of rotatable bonds is 0. The highest BCUT2D eigenvalue weighted by molar-refractivity contribution is 7.86. The molecule has 0 atom stereocenters. The van der Waals surface area contributed by atoms with Crippen molar-refractivity contribution in [3.63, 3.8) is 0 Å². The zero-order valence-corrected chi connectivity index (χ0v) is 4.98. The normalized spacial score (nSPS) is 21.3. The molecule has 1 aliphatic rings. The van der Waals surface area contributed by atoms with Crippen LogP contribution in [0, 0.1) is 0 Å². The molecule has 0 spiro atoms. The molecule has 1 nitrogen and oxygen atoms in total. The number of hydrogen-bond acceptors (Lipinski definition) is 1. The third-order valence-corrected chi connectivity index (χ3v) is 2.23. The van der Waals surface area contributed by atoms with Gasteiger partial charge in [-0.05, 0) is 6.42 Å². The molecule has 0 aromatic carbocycles. The third-order valence-electron chi connectivity index (χ3n) is 0.744. The highest BCUT2D eigenvalue weighted by Crippen LogP contribution is 2.00. The molecule has 0 unspecified atom stereocenters. The molecular weight excluding hydrogens is 120 g/mol. The Hall–Kier alpha value is 0.440. The molecule has 0 radical (unpaired) electrons. The van der Waals surface area contributed by atoms with Crippen LogP contribution in [0.5, 0.6) is 0 Å². The molecule has 0 saturated carbocycles. The molecular formula is C3H7ClOS. The van der Waals surface area contributed by atoms with E-state index in [1.54, 1.807) is 0 Å². The summed E-state index contributed by atoms with van der Waals surface area (Å²) in [4.78, 5) is 0. The third kappa shape index (κ3) is 1.27. The summed E-state index contributed by atoms with van der Waals surface area (Å²) in [6.45, 7) is 0. The lowest BCUT2D eigenvalue weighted by molar-refractivity contribution is 0.671. The average Bonchev–Trinajstić information content (AvgIpc) is 1.30. The van der Waals surface area contributed by atoms with E-state index in [1.165, 1.54) is 6.42 Å². The highest BCUT2D eigenvalue weighted by atomic mass is 35.5. The van der Waals surface area contributed by atoms with Crippen LogP contribution in [0.1, 0.15) is 6.42 Å². The van der Waals surface area contributed by atoms with Crippen molar-refractivity contribution in [2.45, 2.75) is 6.42 Å². The Balaban J connectivity index is 0.000000250. The van der Waals surface area contributed by atoms with Gasteiger partial charge in [-0.3, -0.25) is 4.21 Å². The van der Waals surface area contributed by atoms with Crippen LogP contribution < -0.4 is 0 Å². The average molecular weight is 127 g/mol. The van der Waals surface area contributed by atoms with Gasteiger partial charge in [0.25, 0.3) is 0 Å². The highest BCUT2D eigenvalue weighted by Gasteiger charge is 2.07. The standard InChI is InChI=1S/C3H6OS.ClH/c4-5-2-1-3-5;/h1-3H2;1H. The molecule has 1 aliphatic heterocycles. The summed E-state index contributed by atoms with van der Waals surface area (Å²) in [7, 11) is -0.392. The van der Waals surface area contributed by atoms with Crippen molar-refractivity contribution >= 4 is 23.2 Å². The molecule has 0 aromatic heterocycles. The fourth-order valence-corrected chi connectivity index (χ4v) is 0.787. The molecule has 0 aromatic rings. The van der Waals surface area contributed by atoms with Crippen molar-refractivity contribution in [1.82, 2.24) is 0 Å². The van der Waals surface area contributed by atoms with Crippen molar-refractivity contribution in [2.24, 2.45) is 0 Å².